The number of pyridine rings is 1. The number of nitrogens with one attached hydrogen (secondary N) is 1. The highest BCUT2D eigenvalue weighted by Crippen LogP contribution is 2.33. The summed E-state index contributed by atoms with van der Waals surface area (Å²) in [5.41, 5.74) is 0.486. The van der Waals surface area contributed by atoms with Crippen molar-refractivity contribution in [2.24, 2.45) is 11.8 Å². The van der Waals surface area contributed by atoms with E-state index in [0.717, 1.165) is 0 Å². The summed E-state index contributed by atoms with van der Waals surface area (Å²) in [6.07, 6.45) is 3.43. The van der Waals surface area contributed by atoms with Gasteiger partial charge in [-0.15, -0.1) is 0 Å². The Morgan fingerprint density at radius 2 is 2.24 bits per heavy atom. The summed E-state index contributed by atoms with van der Waals surface area (Å²) < 4.78 is 11.1. The second kappa shape index (κ2) is 7.39. The second-order valence-corrected chi connectivity index (χ2v) is 7.06. The van der Waals surface area contributed by atoms with Crippen molar-refractivity contribution in [2.75, 3.05) is 26.7 Å². The first kappa shape index (κ1) is 17.7. The molecule has 1 aromatic rings. The van der Waals surface area contributed by atoms with E-state index >= 15 is 0 Å². The van der Waals surface area contributed by atoms with E-state index in [1.54, 1.807) is 17.2 Å². The smallest absolute Gasteiger partial charge is 0.257 e. The molecular weight excluding hydrogens is 322 g/mol. The van der Waals surface area contributed by atoms with E-state index in [1.165, 1.54) is 13.3 Å². The lowest BCUT2D eigenvalue weighted by molar-refractivity contribution is -0.127. The van der Waals surface area contributed by atoms with Gasteiger partial charge in [-0.05, 0) is 18.4 Å². The van der Waals surface area contributed by atoms with Crippen LogP contribution in [0.2, 0.25) is 0 Å². The number of rotatable bonds is 5. The largest absolute Gasteiger partial charge is 0.494 e. The molecule has 2 bridgehead atoms. The standard InChI is InChI=1S/C18H25N3O4/c1-11(2)7-20-17(22)14-6-12-9-21(10-16(14)25-12)18(23)13-4-5-19-8-15(13)24-3/h4-5,8,11-12,14,16H,6-7,9-10H2,1-3H3,(H,20,22). The second-order valence-electron chi connectivity index (χ2n) is 7.06. The predicted molar refractivity (Wildman–Crippen MR) is 91.3 cm³/mol. The molecule has 0 saturated carbocycles. The zero-order chi connectivity index (χ0) is 18.0. The lowest BCUT2D eigenvalue weighted by Crippen LogP contribution is -2.48. The minimum atomic E-state index is -0.248. The number of hydrogen-bond donors (Lipinski definition) is 1. The third-order valence-electron chi connectivity index (χ3n) is 4.70. The maximum atomic E-state index is 12.9. The molecular formula is C18H25N3O4. The normalized spacial score (nSPS) is 25.1. The van der Waals surface area contributed by atoms with Gasteiger partial charge in [0, 0.05) is 25.8 Å². The average molecular weight is 347 g/mol. The van der Waals surface area contributed by atoms with Crippen molar-refractivity contribution in [1.29, 1.82) is 0 Å². The molecule has 7 heteroatoms. The summed E-state index contributed by atoms with van der Waals surface area (Å²) in [4.78, 5) is 31.0. The van der Waals surface area contributed by atoms with Gasteiger partial charge in [-0.3, -0.25) is 14.6 Å². The van der Waals surface area contributed by atoms with Crippen LogP contribution in [0.5, 0.6) is 5.75 Å². The van der Waals surface area contributed by atoms with Gasteiger partial charge in [-0.2, -0.15) is 0 Å². The van der Waals surface area contributed by atoms with E-state index in [4.69, 9.17) is 9.47 Å². The van der Waals surface area contributed by atoms with E-state index in [0.29, 0.717) is 43.3 Å². The van der Waals surface area contributed by atoms with Crippen LogP contribution in [0.1, 0.15) is 30.6 Å². The first-order chi connectivity index (χ1) is 12.0. The van der Waals surface area contributed by atoms with Gasteiger partial charge in [-0.25, -0.2) is 0 Å². The van der Waals surface area contributed by atoms with Crippen LogP contribution in [0.3, 0.4) is 0 Å². The molecule has 2 amide bonds. The predicted octanol–water partition coefficient (Wildman–Crippen LogP) is 1.09. The zero-order valence-corrected chi connectivity index (χ0v) is 14.9. The summed E-state index contributed by atoms with van der Waals surface area (Å²) in [5.74, 6) is 0.583. The molecule has 7 nitrogen and oxygen atoms in total. The van der Waals surface area contributed by atoms with Crippen molar-refractivity contribution in [3.63, 3.8) is 0 Å². The van der Waals surface area contributed by atoms with Gasteiger partial charge in [0.1, 0.15) is 5.75 Å². The van der Waals surface area contributed by atoms with E-state index in [-0.39, 0.29) is 29.9 Å². The molecule has 2 aliphatic rings. The Bertz CT molecular complexity index is 649. The Morgan fingerprint density at radius 1 is 1.44 bits per heavy atom. The summed E-state index contributed by atoms with van der Waals surface area (Å²) in [6, 6.07) is 1.66. The van der Waals surface area contributed by atoms with E-state index in [2.05, 4.69) is 24.1 Å². The molecule has 0 radical (unpaired) electrons. The summed E-state index contributed by atoms with van der Waals surface area (Å²) >= 11 is 0. The third-order valence-corrected chi connectivity index (χ3v) is 4.70. The molecule has 0 spiro atoms. The van der Waals surface area contributed by atoms with Gasteiger partial charge in [0.25, 0.3) is 5.91 Å². The van der Waals surface area contributed by atoms with Crippen molar-refractivity contribution in [1.82, 2.24) is 15.2 Å². The lowest BCUT2D eigenvalue weighted by Gasteiger charge is -2.33. The highest BCUT2D eigenvalue weighted by Gasteiger charge is 2.46. The molecule has 25 heavy (non-hydrogen) atoms. The van der Waals surface area contributed by atoms with Gasteiger partial charge in [-0.1, -0.05) is 13.8 Å². The van der Waals surface area contributed by atoms with E-state index in [9.17, 15) is 9.59 Å². The Balaban J connectivity index is 1.68. The fourth-order valence-corrected chi connectivity index (χ4v) is 3.43. The summed E-state index contributed by atoms with van der Waals surface area (Å²) in [7, 11) is 1.52. The number of fused-ring (bicyclic) bond motifs is 2. The van der Waals surface area contributed by atoms with Crippen molar-refractivity contribution >= 4 is 11.8 Å². The first-order valence-electron chi connectivity index (χ1n) is 8.70. The van der Waals surface area contributed by atoms with Gasteiger partial charge in [0.2, 0.25) is 5.91 Å². The number of hydrogen-bond acceptors (Lipinski definition) is 5. The topological polar surface area (TPSA) is 80.8 Å². The van der Waals surface area contributed by atoms with Crippen LogP contribution in [0.4, 0.5) is 0 Å². The molecule has 1 N–H and O–H groups in total. The van der Waals surface area contributed by atoms with Crippen molar-refractivity contribution < 1.29 is 19.1 Å². The van der Waals surface area contributed by atoms with Crippen LogP contribution >= 0.6 is 0 Å². The summed E-state index contributed by atoms with van der Waals surface area (Å²) in [5, 5.41) is 2.98. The van der Waals surface area contributed by atoms with E-state index < -0.39 is 0 Å². The molecule has 0 aliphatic carbocycles. The maximum absolute atomic E-state index is 12.9. The molecule has 2 fully saturated rings. The number of carbonyl (C=O) groups is 2. The quantitative estimate of drug-likeness (QED) is 0.862. The number of likely N-dealkylation sites (tertiary alicyclic amines) is 1. The van der Waals surface area contributed by atoms with Crippen molar-refractivity contribution in [3.05, 3.63) is 24.0 Å². The van der Waals surface area contributed by atoms with Crippen LogP contribution in [-0.2, 0) is 9.53 Å². The summed E-state index contributed by atoms with van der Waals surface area (Å²) in [6.45, 7) is 5.69. The van der Waals surface area contributed by atoms with Crippen molar-refractivity contribution in [2.45, 2.75) is 32.5 Å². The lowest BCUT2D eigenvalue weighted by atomic mass is 9.99. The number of ether oxygens (including phenoxy) is 2. The molecule has 3 heterocycles. The minimum Gasteiger partial charge on any atom is -0.494 e. The molecule has 3 unspecified atom stereocenters. The molecule has 3 atom stereocenters. The van der Waals surface area contributed by atoms with Gasteiger partial charge >= 0.3 is 0 Å². The van der Waals surface area contributed by atoms with Crippen LogP contribution < -0.4 is 10.1 Å². The van der Waals surface area contributed by atoms with Crippen molar-refractivity contribution in [3.8, 4) is 5.75 Å². The Labute approximate surface area is 147 Å². The Hall–Kier alpha value is -2.15. The van der Waals surface area contributed by atoms with Gasteiger partial charge in [0.15, 0.2) is 0 Å². The first-order valence-corrected chi connectivity index (χ1v) is 8.70. The fraction of sp³-hybridized carbons (Fsp3) is 0.611. The Kier molecular flexibility index (Phi) is 5.22. The van der Waals surface area contributed by atoms with Gasteiger partial charge < -0.3 is 19.7 Å². The third kappa shape index (κ3) is 3.76. The van der Waals surface area contributed by atoms with Crippen LogP contribution in [0, 0.1) is 11.8 Å². The monoisotopic (exact) mass is 347 g/mol. The fourth-order valence-electron chi connectivity index (χ4n) is 3.43. The number of methoxy groups -OCH3 is 1. The number of nitrogens with zero attached hydrogens (tertiary/aromatic N) is 2. The molecule has 136 valence electrons. The molecule has 1 aromatic heterocycles. The number of morpholine rings is 1. The molecule has 0 aromatic carbocycles. The van der Waals surface area contributed by atoms with E-state index in [1.807, 2.05) is 0 Å². The number of carbonyl (C=O) groups excluding carboxylic acids is 2. The highest BCUT2D eigenvalue weighted by molar-refractivity contribution is 5.97. The van der Waals surface area contributed by atoms with Crippen LogP contribution in [-0.4, -0.2) is 60.7 Å². The average Bonchev–Trinajstić information content (AvgIpc) is 2.92. The minimum absolute atomic E-state index is 0.0250. The SMILES string of the molecule is COc1cnccc1C(=O)N1CC2CC(C(=O)NCC(C)C)C(C1)O2. The molecule has 2 saturated heterocycles. The highest BCUT2D eigenvalue weighted by atomic mass is 16.5. The number of aromatic nitrogens is 1. The Morgan fingerprint density at radius 3 is 2.96 bits per heavy atom. The maximum Gasteiger partial charge on any atom is 0.257 e. The zero-order valence-electron chi connectivity index (χ0n) is 14.9. The number of amides is 2. The van der Waals surface area contributed by atoms with Crippen LogP contribution in [0.25, 0.3) is 0 Å². The van der Waals surface area contributed by atoms with Crippen LogP contribution in [0.15, 0.2) is 18.5 Å². The van der Waals surface area contributed by atoms with Gasteiger partial charge in [0.05, 0.1) is 37.0 Å². The molecule has 2 aliphatic heterocycles. The molecule has 3 rings (SSSR count).